The highest BCUT2D eigenvalue weighted by Crippen LogP contribution is 2.08. The molecule has 10 heavy (non-hydrogen) atoms. The van der Waals surface area contributed by atoms with Crippen LogP contribution in [0.25, 0.3) is 11.0 Å². The molecule has 3 heteroatoms. The van der Waals surface area contributed by atoms with E-state index in [2.05, 4.69) is 15.4 Å². The molecular weight excluding hydrogens is 126 g/mol. The number of rotatable bonds is 0. The van der Waals surface area contributed by atoms with Crippen LogP contribution >= 0.6 is 0 Å². The molecule has 0 aliphatic rings. The van der Waals surface area contributed by atoms with E-state index in [1.54, 1.807) is 0 Å². The molecule has 0 saturated heterocycles. The summed E-state index contributed by atoms with van der Waals surface area (Å²) in [6, 6.07) is 5.89. The summed E-state index contributed by atoms with van der Waals surface area (Å²) in [5, 5.41) is 11.2. The highest BCUT2D eigenvalue weighted by Gasteiger charge is 1.89. The van der Waals surface area contributed by atoms with Crippen molar-refractivity contribution in [3.05, 3.63) is 23.8 Å². The third-order valence-electron chi connectivity index (χ3n) is 1.44. The summed E-state index contributed by atoms with van der Waals surface area (Å²) in [6.45, 7) is 2.02. The van der Waals surface area contributed by atoms with Crippen LogP contribution in [0.1, 0.15) is 5.56 Å². The van der Waals surface area contributed by atoms with Crippen molar-refractivity contribution in [2.45, 2.75) is 6.92 Å². The van der Waals surface area contributed by atoms with Gasteiger partial charge in [0.15, 0.2) is 0 Å². The highest BCUT2D eigenvalue weighted by molar-refractivity contribution is 5.73. The van der Waals surface area contributed by atoms with E-state index in [-0.39, 0.29) is 0 Å². The lowest BCUT2D eigenvalue weighted by Gasteiger charge is -1.89. The van der Waals surface area contributed by atoms with Crippen LogP contribution in [0.5, 0.6) is 0 Å². The first-order chi connectivity index (χ1) is 4.86. The number of fused-ring (bicyclic) bond motifs is 1. The molecule has 0 unspecified atom stereocenters. The first kappa shape index (κ1) is 5.41. The summed E-state index contributed by atoms with van der Waals surface area (Å²) < 4.78 is 0. The van der Waals surface area contributed by atoms with E-state index in [0.29, 0.717) is 0 Å². The van der Waals surface area contributed by atoms with Crippen molar-refractivity contribution < 1.29 is 0 Å². The Bertz CT molecular complexity index is 350. The lowest BCUT2D eigenvalue weighted by molar-refractivity contribution is 0.928. The van der Waals surface area contributed by atoms with Crippen LogP contribution in [0.2, 0.25) is 0 Å². The van der Waals surface area contributed by atoms with Gasteiger partial charge < -0.3 is 15.4 Å². The van der Waals surface area contributed by atoms with Gasteiger partial charge in [0.25, 0.3) is 0 Å². The first-order valence-electron chi connectivity index (χ1n) is 3.09. The molecule has 0 N–H and O–H groups in total. The topological polar surface area (TPSA) is 39.9 Å². The van der Waals surface area contributed by atoms with Gasteiger partial charge in [-0.25, -0.2) is 0 Å². The van der Waals surface area contributed by atoms with Crippen molar-refractivity contribution in [1.29, 1.82) is 0 Å². The van der Waals surface area contributed by atoms with Crippen LogP contribution in [0.15, 0.2) is 18.2 Å². The number of hydrogen-bond donors (Lipinski definition) is 0. The van der Waals surface area contributed by atoms with E-state index < -0.39 is 0 Å². The molecule has 0 radical (unpaired) electrons. The van der Waals surface area contributed by atoms with Crippen molar-refractivity contribution in [2.24, 2.45) is 0 Å². The maximum atomic E-state index is 3.82. The maximum Gasteiger partial charge on any atom is 0.0667 e. The van der Waals surface area contributed by atoms with Crippen molar-refractivity contribution in [3.63, 3.8) is 0 Å². The van der Waals surface area contributed by atoms with E-state index >= 15 is 0 Å². The summed E-state index contributed by atoms with van der Waals surface area (Å²) in [4.78, 5) is 0. The minimum absolute atomic E-state index is 0.866. The van der Waals surface area contributed by atoms with Crippen molar-refractivity contribution >= 4 is 11.0 Å². The van der Waals surface area contributed by atoms with Crippen LogP contribution in [0.4, 0.5) is 0 Å². The number of nitrogens with zero attached hydrogens (tertiary/aromatic N) is 3. The second kappa shape index (κ2) is 1.80. The Morgan fingerprint density at radius 3 is 2.90 bits per heavy atom. The molecule has 1 heterocycles. The molecule has 0 atom stereocenters. The number of hydrogen-bond acceptors (Lipinski definition) is 2. The fourth-order valence-electron chi connectivity index (χ4n) is 0.917. The van der Waals surface area contributed by atoms with Crippen LogP contribution in [-0.4, -0.2) is 10.2 Å². The molecule has 0 aliphatic heterocycles. The summed E-state index contributed by atoms with van der Waals surface area (Å²) in [5.74, 6) is 0. The van der Waals surface area contributed by atoms with Crippen molar-refractivity contribution in [1.82, 2.24) is 15.4 Å². The molecule has 0 bridgehead atoms. The van der Waals surface area contributed by atoms with E-state index in [9.17, 15) is 0 Å². The Morgan fingerprint density at radius 1 is 1.20 bits per heavy atom. The summed E-state index contributed by atoms with van der Waals surface area (Å²) in [5.41, 5.74) is 2.93. The molecule has 1 aromatic carbocycles. The molecule has 50 valence electrons. The van der Waals surface area contributed by atoms with Gasteiger partial charge in [-0.05, 0) is 24.6 Å². The summed E-state index contributed by atoms with van der Waals surface area (Å²) >= 11 is 0. The molecular formula is C7H6N3-. The van der Waals surface area contributed by atoms with E-state index in [4.69, 9.17) is 0 Å². The molecule has 0 fully saturated rings. The second-order valence-electron chi connectivity index (χ2n) is 2.28. The van der Waals surface area contributed by atoms with Crippen LogP contribution in [-0.2, 0) is 0 Å². The average molecular weight is 132 g/mol. The molecule has 0 spiro atoms. The van der Waals surface area contributed by atoms with Gasteiger partial charge in [0.1, 0.15) is 0 Å². The van der Waals surface area contributed by atoms with Gasteiger partial charge in [-0.15, -0.1) is 0 Å². The fraction of sp³-hybridized carbons (Fsp3) is 0.143. The van der Waals surface area contributed by atoms with E-state index in [1.807, 2.05) is 25.1 Å². The molecule has 0 aliphatic carbocycles. The van der Waals surface area contributed by atoms with Gasteiger partial charge in [-0.2, -0.15) is 0 Å². The number of aromatic nitrogens is 3. The first-order valence-corrected chi connectivity index (χ1v) is 3.09. The molecule has 2 aromatic rings. The van der Waals surface area contributed by atoms with Gasteiger partial charge >= 0.3 is 0 Å². The quantitative estimate of drug-likeness (QED) is 0.534. The monoisotopic (exact) mass is 132 g/mol. The standard InChI is InChI=1S/C7H6N3/c1-5-2-3-6-7(4-5)9-10-8-6/h2-4H,1H3/q-1. The Kier molecular flexibility index (Phi) is 0.974. The minimum Gasteiger partial charge on any atom is -0.492 e. The van der Waals surface area contributed by atoms with Crippen molar-refractivity contribution in [3.8, 4) is 0 Å². The predicted octanol–water partition coefficient (Wildman–Crippen LogP) is 0.895. The SMILES string of the molecule is Cc1ccc2n[n-]nc2c1. The maximum absolute atomic E-state index is 3.82. The van der Waals surface area contributed by atoms with Crippen LogP contribution in [0, 0.1) is 6.92 Å². The summed E-state index contributed by atoms with van der Waals surface area (Å²) in [7, 11) is 0. The highest BCUT2D eigenvalue weighted by atomic mass is 15.3. The van der Waals surface area contributed by atoms with Crippen LogP contribution in [0.3, 0.4) is 0 Å². The van der Waals surface area contributed by atoms with Gasteiger partial charge in [0, 0.05) is 0 Å². The Balaban J connectivity index is 2.86. The normalized spacial score (nSPS) is 10.5. The van der Waals surface area contributed by atoms with Gasteiger partial charge in [0.05, 0.1) is 11.0 Å². The predicted molar refractivity (Wildman–Crippen MR) is 37.6 cm³/mol. The largest absolute Gasteiger partial charge is 0.492 e. The molecule has 3 nitrogen and oxygen atoms in total. The van der Waals surface area contributed by atoms with E-state index in [1.165, 1.54) is 5.56 Å². The molecule has 2 rings (SSSR count). The minimum atomic E-state index is 0.866. The molecule has 0 amide bonds. The Labute approximate surface area is 58.1 Å². The number of benzene rings is 1. The van der Waals surface area contributed by atoms with Gasteiger partial charge in [-0.3, -0.25) is 0 Å². The van der Waals surface area contributed by atoms with E-state index in [0.717, 1.165) is 11.0 Å². The fourth-order valence-corrected chi connectivity index (χ4v) is 0.917. The van der Waals surface area contributed by atoms with Crippen molar-refractivity contribution in [2.75, 3.05) is 0 Å². The molecule has 0 saturated carbocycles. The zero-order valence-corrected chi connectivity index (χ0v) is 5.57. The third kappa shape index (κ3) is 0.673. The lowest BCUT2D eigenvalue weighted by Crippen LogP contribution is -1.71. The van der Waals surface area contributed by atoms with Gasteiger partial charge in [-0.1, -0.05) is 6.07 Å². The summed E-state index contributed by atoms with van der Waals surface area (Å²) in [6.07, 6.45) is 0. The Hall–Kier alpha value is -1.38. The zero-order valence-electron chi connectivity index (χ0n) is 5.57. The van der Waals surface area contributed by atoms with Crippen LogP contribution < -0.4 is 5.21 Å². The Morgan fingerprint density at radius 2 is 2.00 bits per heavy atom. The number of aryl methyl sites for hydroxylation is 1. The smallest absolute Gasteiger partial charge is 0.0667 e. The van der Waals surface area contributed by atoms with Gasteiger partial charge in [0.2, 0.25) is 0 Å². The average Bonchev–Trinajstić information content (AvgIpc) is 2.33. The third-order valence-corrected chi connectivity index (χ3v) is 1.44. The zero-order chi connectivity index (χ0) is 6.97. The second-order valence-corrected chi connectivity index (χ2v) is 2.28. The molecule has 1 aromatic heterocycles. The lowest BCUT2D eigenvalue weighted by atomic mass is 10.2.